The van der Waals surface area contributed by atoms with Crippen LogP contribution in [0.3, 0.4) is 0 Å². The first-order valence-electron chi connectivity index (χ1n) is 7.77. The first-order chi connectivity index (χ1) is 11.7. The topological polar surface area (TPSA) is 29.4 Å². The molecule has 0 saturated carbocycles. The van der Waals surface area contributed by atoms with Crippen LogP contribution in [-0.2, 0) is 0 Å². The first kappa shape index (κ1) is 14.5. The molecule has 0 heterocycles. The number of aliphatic imine (C=N–C) groups is 1. The monoisotopic (exact) mass is 315 g/mol. The number of benzene rings is 3. The zero-order valence-corrected chi connectivity index (χ0v) is 12.8. The van der Waals surface area contributed by atoms with Crippen LogP contribution in [-0.4, -0.2) is 11.5 Å². The van der Waals surface area contributed by atoms with Crippen LogP contribution in [0.4, 0.5) is 10.1 Å². The molecule has 0 amide bonds. The van der Waals surface area contributed by atoms with Crippen molar-refractivity contribution in [2.24, 2.45) is 4.99 Å². The molecule has 3 aromatic rings. The van der Waals surface area contributed by atoms with Gasteiger partial charge in [-0.05, 0) is 23.8 Å². The predicted octanol–water partition coefficient (Wildman–Crippen LogP) is 4.93. The normalized spacial score (nSPS) is 18.0. The highest BCUT2D eigenvalue weighted by Crippen LogP contribution is 2.36. The molecule has 0 N–H and O–H groups in total. The van der Waals surface area contributed by atoms with E-state index in [0.717, 1.165) is 11.1 Å². The Balaban J connectivity index is 1.91. The summed E-state index contributed by atoms with van der Waals surface area (Å²) >= 11 is 0. The Morgan fingerprint density at radius 2 is 1.50 bits per heavy atom. The van der Waals surface area contributed by atoms with Gasteiger partial charge in [0.05, 0.1) is 17.3 Å². The number of halogens is 1. The highest BCUT2D eigenvalue weighted by molar-refractivity contribution is 6.32. The lowest BCUT2D eigenvalue weighted by Crippen LogP contribution is -2.13. The van der Waals surface area contributed by atoms with Gasteiger partial charge < -0.3 is 0 Å². The highest BCUT2D eigenvalue weighted by Gasteiger charge is 2.37. The van der Waals surface area contributed by atoms with Gasteiger partial charge in [0.2, 0.25) is 0 Å². The minimum Gasteiger partial charge on any atom is -0.293 e. The van der Waals surface area contributed by atoms with Crippen molar-refractivity contribution in [3.8, 4) is 0 Å². The lowest BCUT2D eigenvalue weighted by Gasteiger charge is -2.11. The Morgan fingerprint density at radius 1 is 0.792 bits per heavy atom. The molecule has 4 rings (SSSR count). The van der Waals surface area contributed by atoms with E-state index in [0.29, 0.717) is 17.0 Å². The minimum atomic E-state index is -0.452. The summed E-state index contributed by atoms with van der Waals surface area (Å²) in [6, 6.07) is 23.2. The van der Waals surface area contributed by atoms with Crippen LogP contribution in [0.25, 0.3) is 0 Å². The summed E-state index contributed by atoms with van der Waals surface area (Å²) in [5.41, 5.74) is 3.57. The summed E-state index contributed by atoms with van der Waals surface area (Å²) < 4.78 is 13.5. The first-order valence-corrected chi connectivity index (χ1v) is 7.77. The van der Waals surface area contributed by atoms with E-state index in [1.807, 2.05) is 54.6 Å². The van der Waals surface area contributed by atoms with Crippen molar-refractivity contribution in [1.82, 2.24) is 0 Å². The summed E-state index contributed by atoms with van der Waals surface area (Å²) in [7, 11) is 0. The Hall–Kier alpha value is -3.07. The molecule has 0 aromatic heterocycles. The average Bonchev–Trinajstić information content (AvgIpc) is 2.88. The van der Waals surface area contributed by atoms with Crippen molar-refractivity contribution in [2.45, 2.75) is 5.92 Å². The van der Waals surface area contributed by atoms with Crippen molar-refractivity contribution in [3.63, 3.8) is 0 Å². The largest absolute Gasteiger partial charge is 0.293 e. The van der Waals surface area contributed by atoms with Gasteiger partial charge in [-0.1, -0.05) is 60.7 Å². The Bertz CT molecular complexity index is 947. The summed E-state index contributed by atoms with van der Waals surface area (Å²) in [6.45, 7) is 0. The predicted molar refractivity (Wildman–Crippen MR) is 92.6 cm³/mol. The van der Waals surface area contributed by atoms with Gasteiger partial charge in [-0.25, -0.2) is 4.39 Å². The van der Waals surface area contributed by atoms with Crippen LogP contribution in [0.1, 0.15) is 27.4 Å². The van der Waals surface area contributed by atoms with Crippen molar-refractivity contribution in [3.05, 3.63) is 101 Å². The van der Waals surface area contributed by atoms with Gasteiger partial charge in [0, 0.05) is 11.1 Å². The molecule has 24 heavy (non-hydrogen) atoms. The molecule has 0 fully saturated rings. The Morgan fingerprint density at radius 3 is 2.25 bits per heavy atom. The van der Waals surface area contributed by atoms with Gasteiger partial charge in [0.15, 0.2) is 5.78 Å². The molecule has 3 aromatic carbocycles. The zero-order chi connectivity index (χ0) is 16.5. The molecule has 0 radical (unpaired) electrons. The second-order valence-electron chi connectivity index (χ2n) is 5.73. The van der Waals surface area contributed by atoms with Crippen LogP contribution >= 0.6 is 0 Å². The summed E-state index contributed by atoms with van der Waals surface area (Å²) in [5.74, 6) is -0.760. The van der Waals surface area contributed by atoms with E-state index < -0.39 is 5.92 Å². The average molecular weight is 315 g/mol. The molecule has 1 atom stereocenters. The molecule has 0 spiro atoms. The maximum Gasteiger partial charge on any atom is 0.176 e. The van der Waals surface area contributed by atoms with Gasteiger partial charge in [-0.3, -0.25) is 9.79 Å². The van der Waals surface area contributed by atoms with Gasteiger partial charge in [0.1, 0.15) is 5.82 Å². The third kappa shape index (κ3) is 2.44. The third-order valence-electron chi connectivity index (χ3n) is 4.19. The second-order valence-corrected chi connectivity index (χ2v) is 5.73. The third-order valence-corrected chi connectivity index (χ3v) is 4.19. The number of Topliss-reactive ketones (excluding diaryl/α,β-unsaturated/α-hetero) is 1. The minimum absolute atomic E-state index is 0.0342. The summed E-state index contributed by atoms with van der Waals surface area (Å²) in [4.78, 5) is 17.5. The number of ketones is 1. The van der Waals surface area contributed by atoms with Crippen LogP contribution in [0.2, 0.25) is 0 Å². The van der Waals surface area contributed by atoms with Crippen molar-refractivity contribution >= 4 is 17.2 Å². The molecule has 1 aliphatic rings. The van der Waals surface area contributed by atoms with Gasteiger partial charge in [0.25, 0.3) is 0 Å². The maximum atomic E-state index is 13.5. The van der Waals surface area contributed by atoms with Crippen LogP contribution in [0, 0.1) is 5.82 Å². The molecule has 3 heteroatoms. The fraction of sp³-hybridized carbons (Fsp3) is 0.0476. The van der Waals surface area contributed by atoms with E-state index in [1.165, 1.54) is 12.1 Å². The fourth-order valence-electron chi connectivity index (χ4n) is 3.12. The second kappa shape index (κ2) is 5.85. The van der Waals surface area contributed by atoms with Gasteiger partial charge in [-0.2, -0.15) is 0 Å². The van der Waals surface area contributed by atoms with E-state index in [4.69, 9.17) is 0 Å². The number of hydrogen-bond acceptors (Lipinski definition) is 2. The van der Waals surface area contributed by atoms with Crippen molar-refractivity contribution < 1.29 is 9.18 Å². The lowest BCUT2D eigenvalue weighted by molar-refractivity contribution is 0.0988. The molecule has 116 valence electrons. The number of carbonyl (C=O) groups excluding carboxylic acids is 1. The van der Waals surface area contributed by atoms with E-state index in [2.05, 4.69) is 4.99 Å². The van der Waals surface area contributed by atoms with E-state index in [9.17, 15) is 9.18 Å². The number of rotatable bonds is 2. The number of hydrogen-bond donors (Lipinski definition) is 0. The number of nitrogens with zero attached hydrogens (tertiary/aromatic N) is 1. The van der Waals surface area contributed by atoms with Crippen LogP contribution < -0.4 is 0 Å². The van der Waals surface area contributed by atoms with Crippen molar-refractivity contribution in [2.75, 3.05) is 0 Å². The SMILES string of the molecule is O=C1c2ccccc2C(=Nc2cccc(F)c2)[C@H]1c1ccccc1. The molecule has 0 saturated heterocycles. The number of fused-ring (bicyclic) bond motifs is 1. The van der Waals surface area contributed by atoms with Crippen LogP contribution in [0.15, 0.2) is 83.9 Å². The Labute approximate surface area is 139 Å². The van der Waals surface area contributed by atoms with Crippen molar-refractivity contribution in [1.29, 1.82) is 0 Å². The maximum absolute atomic E-state index is 13.5. The molecule has 2 nitrogen and oxygen atoms in total. The standard InChI is InChI=1S/C21H14FNO/c22-15-9-6-10-16(13-15)23-20-17-11-4-5-12-18(17)21(24)19(20)14-7-2-1-3-8-14/h1-13,19H/t19-/m1/s1. The van der Waals surface area contributed by atoms with Gasteiger partial charge >= 0.3 is 0 Å². The summed E-state index contributed by atoms with van der Waals surface area (Å²) in [5, 5.41) is 0. The molecular weight excluding hydrogens is 301 g/mol. The quantitative estimate of drug-likeness (QED) is 0.659. The van der Waals surface area contributed by atoms with E-state index >= 15 is 0 Å². The molecular formula is C21H14FNO. The highest BCUT2D eigenvalue weighted by atomic mass is 19.1. The molecule has 0 aliphatic heterocycles. The fourth-order valence-corrected chi connectivity index (χ4v) is 3.12. The zero-order valence-electron chi connectivity index (χ0n) is 12.8. The number of carbonyl (C=O) groups is 1. The molecule has 1 aliphatic carbocycles. The van der Waals surface area contributed by atoms with Gasteiger partial charge in [-0.15, -0.1) is 0 Å². The Kier molecular flexibility index (Phi) is 3.54. The van der Waals surface area contributed by atoms with Crippen LogP contribution in [0.5, 0.6) is 0 Å². The summed E-state index contributed by atoms with van der Waals surface area (Å²) in [6.07, 6.45) is 0. The lowest BCUT2D eigenvalue weighted by atomic mass is 9.93. The molecule has 0 bridgehead atoms. The smallest absolute Gasteiger partial charge is 0.176 e. The van der Waals surface area contributed by atoms with E-state index in [-0.39, 0.29) is 11.6 Å². The van der Waals surface area contributed by atoms with E-state index in [1.54, 1.807) is 12.1 Å². The molecule has 0 unspecified atom stereocenters.